The Kier molecular flexibility index (Phi) is 11.1. The van der Waals surface area contributed by atoms with Crippen LogP contribution in [0, 0.1) is 13.8 Å². The highest BCUT2D eigenvalue weighted by Gasteiger charge is 1.79. The largest absolute Gasteiger partial charge is 0.324 e. The van der Waals surface area contributed by atoms with Gasteiger partial charge in [0.05, 0.1) is 0 Å². The van der Waals surface area contributed by atoms with Crippen LogP contribution in [0.2, 0.25) is 0 Å². The van der Waals surface area contributed by atoms with Crippen LogP contribution in [-0.2, 0) is 4.57 Å². The number of hydrogen-bond acceptors (Lipinski definition) is 1. The van der Waals surface area contributed by atoms with Crippen LogP contribution in [0.1, 0.15) is 11.1 Å². The van der Waals surface area contributed by atoms with Gasteiger partial charge in [-0.1, -0.05) is 35.4 Å². The molecule has 12 heavy (non-hydrogen) atoms. The summed E-state index contributed by atoms with van der Waals surface area (Å²) in [6, 6.07) is 8.48. The molecule has 0 aliphatic rings. The lowest BCUT2D eigenvalue weighted by Crippen LogP contribution is -1.70. The van der Waals surface area contributed by atoms with E-state index < -0.39 is 8.69 Å². The summed E-state index contributed by atoms with van der Waals surface area (Å²) < 4.78 is 8.46. The summed E-state index contributed by atoms with van der Waals surface area (Å²) in [5.41, 5.74) is 2.66. The van der Waals surface area contributed by atoms with Gasteiger partial charge < -0.3 is 4.89 Å². The van der Waals surface area contributed by atoms with E-state index in [1.54, 1.807) is 0 Å². The first-order valence-corrected chi connectivity index (χ1v) is 3.97. The Labute approximate surface area is 90.4 Å². The molecule has 0 saturated carbocycles. The third-order valence-electron chi connectivity index (χ3n) is 1.22. The van der Waals surface area contributed by atoms with Crippen LogP contribution in [0.15, 0.2) is 24.3 Å². The van der Waals surface area contributed by atoms with Gasteiger partial charge in [0.1, 0.15) is 0 Å². The Morgan fingerprint density at radius 3 is 1.42 bits per heavy atom. The molecular weight excluding hydrogens is 183 g/mol. The van der Waals surface area contributed by atoms with Gasteiger partial charge in [0.2, 0.25) is 0 Å². The minimum atomic E-state index is -0.833. The maximum absolute atomic E-state index is 8.46. The summed E-state index contributed by atoms with van der Waals surface area (Å²) in [6.45, 7) is 4.19. The summed E-state index contributed by atoms with van der Waals surface area (Å²) in [5, 5.41) is 0. The minimum Gasteiger partial charge on any atom is -0.310 e. The fourth-order valence-electron chi connectivity index (χ4n) is 0.637. The molecule has 4 heteroatoms. The van der Waals surface area contributed by atoms with Crippen molar-refractivity contribution in [1.82, 2.24) is 0 Å². The molecule has 0 heterocycles. The smallest absolute Gasteiger partial charge is 0.310 e. The van der Waals surface area contributed by atoms with E-state index in [0.29, 0.717) is 0 Å². The minimum absolute atomic E-state index is 0. The molecule has 0 spiro atoms. The highest BCUT2D eigenvalue weighted by Crippen LogP contribution is 1.99. The van der Waals surface area contributed by atoms with E-state index in [1.807, 2.05) is 0 Å². The number of benzene rings is 1. The molecule has 1 rings (SSSR count). The van der Waals surface area contributed by atoms with Crippen LogP contribution in [-0.4, -0.2) is 27.9 Å². The van der Waals surface area contributed by atoms with Crippen molar-refractivity contribution in [3.05, 3.63) is 35.4 Å². The van der Waals surface area contributed by atoms with Gasteiger partial charge in [-0.2, -0.15) is 0 Å². The zero-order valence-corrected chi connectivity index (χ0v) is 7.51. The molecule has 1 aromatic rings. The van der Waals surface area contributed by atoms with E-state index in [2.05, 4.69) is 38.1 Å². The predicted octanol–water partition coefficient (Wildman–Crippen LogP) is 1.57. The van der Waals surface area contributed by atoms with E-state index in [0.717, 1.165) is 0 Å². The second-order valence-corrected chi connectivity index (χ2v) is 2.40. The van der Waals surface area contributed by atoms with E-state index in [4.69, 9.17) is 9.46 Å². The van der Waals surface area contributed by atoms with Gasteiger partial charge in [0, 0.05) is 0 Å². The lowest BCUT2D eigenvalue weighted by molar-refractivity contribution is 0.524. The molecule has 0 unspecified atom stereocenters. The average Bonchev–Trinajstić information content (AvgIpc) is 1.97. The molecule has 0 radical (unpaired) electrons. The average molecular weight is 196 g/mol. The maximum Gasteiger partial charge on any atom is 0.324 e. The second kappa shape index (κ2) is 9.14. The molecule has 0 aromatic heterocycles. The highest BCUT2D eigenvalue weighted by molar-refractivity contribution is 7.16. The number of hydrogen-bond donors (Lipinski definition) is 1. The van der Waals surface area contributed by atoms with Crippen LogP contribution in [0.4, 0.5) is 0 Å². The van der Waals surface area contributed by atoms with Crippen LogP contribution < -0.4 is 0 Å². The lowest BCUT2D eigenvalue weighted by atomic mass is 10.2. The van der Waals surface area contributed by atoms with Gasteiger partial charge in [-0.3, -0.25) is 0 Å². The van der Waals surface area contributed by atoms with Gasteiger partial charge >= 0.3 is 31.7 Å². The summed E-state index contributed by atoms with van der Waals surface area (Å²) >= 11 is 0. The van der Waals surface area contributed by atoms with E-state index >= 15 is 0 Å². The molecule has 0 amide bonds. The molecule has 0 aliphatic carbocycles. The van der Waals surface area contributed by atoms with Crippen molar-refractivity contribution >= 4 is 31.7 Å². The number of aryl methyl sites for hydroxylation is 2. The summed E-state index contributed by atoms with van der Waals surface area (Å²) in [5.74, 6) is 0. The monoisotopic (exact) mass is 196 g/mol. The summed E-state index contributed by atoms with van der Waals surface area (Å²) in [6.07, 6.45) is 0. The Morgan fingerprint density at radius 2 is 1.25 bits per heavy atom. The van der Waals surface area contributed by atoms with Gasteiger partial charge in [-0.05, 0) is 13.8 Å². The SMILES string of the molecule is Cc1ccc(C)cc1.O=PO.[MgH2]. The quantitative estimate of drug-likeness (QED) is 0.505. The van der Waals surface area contributed by atoms with E-state index in [1.165, 1.54) is 11.1 Å². The molecule has 0 fully saturated rings. The molecule has 1 N–H and O–H groups in total. The van der Waals surface area contributed by atoms with Gasteiger partial charge in [-0.15, -0.1) is 0 Å². The highest BCUT2D eigenvalue weighted by atomic mass is 31.1. The topological polar surface area (TPSA) is 37.3 Å². The Balaban J connectivity index is 0. The molecule has 0 bridgehead atoms. The van der Waals surface area contributed by atoms with Crippen LogP contribution in [0.25, 0.3) is 0 Å². The van der Waals surface area contributed by atoms with E-state index in [-0.39, 0.29) is 23.1 Å². The van der Waals surface area contributed by atoms with Crippen molar-refractivity contribution in [3.8, 4) is 0 Å². The molecule has 0 saturated heterocycles. The Hall–Kier alpha value is 0.0462. The van der Waals surface area contributed by atoms with Crippen molar-refractivity contribution in [1.29, 1.82) is 0 Å². The second-order valence-electron chi connectivity index (χ2n) is 2.24. The molecule has 2 nitrogen and oxygen atoms in total. The number of rotatable bonds is 0. The molecule has 64 valence electrons. The van der Waals surface area contributed by atoms with Gasteiger partial charge in [-0.25, -0.2) is 4.57 Å². The predicted molar refractivity (Wildman–Crippen MR) is 54.3 cm³/mol. The Morgan fingerprint density at radius 1 is 1.08 bits per heavy atom. The normalized spacial score (nSPS) is 7.92. The van der Waals surface area contributed by atoms with Crippen molar-refractivity contribution in [2.45, 2.75) is 13.8 Å². The zero-order chi connectivity index (χ0) is 8.69. The summed E-state index contributed by atoms with van der Waals surface area (Å²) in [4.78, 5) is 6.99. The summed E-state index contributed by atoms with van der Waals surface area (Å²) in [7, 11) is -0.833. The molecule has 0 atom stereocenters. The molecule has 0 aliphatic heterocycles. The van der Waals surface area contributed by atoms with Crippen molar-refractivity contribution in [3.63, 3.8) is 0 Å². The van der Waals surface area contributed by atoms with Crippen LogP contribution in [0.3, 0.4) is 0 Å². The standard InChI is InChI=1S/C8H10.Mg.HO2P.2H/c1-7-3-5-8(2)6-4-7;;1-3-2;;/h3-6H,1-2H3;;(H,1,2);;. The van der Waals surface area contributed by atoms with Crippen molar-refractivity contribution in [2.24, 2.45) is 0 Å². The fraction of sp³-hybridized carbons (Fsp3) is 0.250. The first-order valence-electron chi connectivity index (χ1n) is 3.20. The maximum atomic E-state index is 8.46. The van der Waals surface area contributed by atoms with Crippen LogP contribution >= 0.6 is 8.69 Å². The van der Waals surface area contributed by atoms with E-state index in [9.17, 15) is 0 Å². The zero-order valence-electron chi connectivity index (χ0n) is 6.61. The molecule has 1 aromatic carbocycles. The van der Waals surface area contributed by atoms with Crippen molar-refractivity contribution in [2.75, 3.05) is 0 Å². The first-order chi connectivity index (χ1) is 5.20. The third-order valence-corrected chi connectivity index (χ3v) is 1.22. The fourth-order valence-corrected chi connectivity index (χ4v) is 0.637. The third kappa shape index (κ3) is 8.15. The van der Waals surface area contributed by atoms with Crippen LogP contribution in [0.5, 0.6) is 0 Å². The lowest BCUT2D eigenvalue weighted by Gasteiger charge is -1.90. The van der Waals surface area contributed by atoms with Gasteiger partial charge in [0.15, 0.2) is 0 Å². The van der Waals surface area contributed by atoms with Gasteiger partial charge in [0.25, 0.3) is 0 Å². The molecular formula is C8H13MgO2P. The Bertz CT molecular complexity index is 190. The van der Waals surface area contributed by atoms with Crippen molar-refractivity contribution < 1.29 is 9.46 Å². The first kappa shape index (κ1) is 14.6.